The van der Waals surface area contributed by atoms with E-state index in [1.54, 1.807) is 12.5 Å². The minimum Gasteiger partial charge on any atom is -0.473 e. The summed E-state index contributed by atoms with van der Waals surface area (Å²) in [5.41, 5.74) is 4.29. The Morgan fingerprint density at radius 1 is 1.22 bits per heavy atom. The van der Waals surface area contributed by atoms with E-state index in [4.69, 9.17) is 9.79 Å². The van der Waals surface area contributed by atoms with Crippen molar-refractivity contribution in [2.24, 2.45) is 5.50 Å². The highest BCUT2D eigenvalue weighted by atomic mass is 31.2. The van der Waals surface area contributed by atoms with Gasteiger partial charge in [-0.15, -0.1) is 0 Å². The summed E-state index contributed by atoms with van der Waals surface area (Å²) in [5, 5.41) is 0. The van der Waals surface area contributed by atoms with Crippen LogP contribution in [0.4, 0.5) is 0 Å². The molecule has 0 aromatic carbocycles. The Labute approximate surface area is 53.9 Å². The Balaban J connectivity index is 0.000000148. The van der Waals surface area contributed by atoms with E-state index < -0.39 is 8.53 Å². The molecular formula is C4H8NO3P. The standard InChI is InChI=1S/C4H4O.H4NO2P/c1-2-4-5-3-1;1-4(2)3/h1-4H;2-3H,1H2. The molecule has 1 rings (SSSR count). The van der Waals surface area contributed by atoms with Crippen molar-refractivity contribution in [3.63, 3.8) is 0 Å². The summed E-state index contributed by atoms with van der Waals surface area (Å²) in [6.45, 7) is 0. The number of rotatable bonds is 0. The minimum absolute atomic E-state index is 1.62. The molecule has 4 nitrogen and oxygen atoms in total. The smallest absolute Gasteiger partial charge is 0.247 e. The summed E-state index contributed by atoms with van der Waals surface area (Å²) in [6.07, 6.45) is 3.25. The fraction of sp³-hybridized carbons (Fsp3) is 0. The molecule has 0 unspecified atom stereocenters. The molecule has 0 bridgehead atoms. The summed E-state index contributed by atoms with van der Waals surface area (Å²) >= 11 is 0. The second kappa shape index (κ2) is 5.72. The van der Waals surface area contributed by atoms with Crippen LogP contribution >= 0.6 is 8.53 Å². The maximum Gasteiger partial charge on any atom is 0.247 e. The second-order valence-corrected chi connectivity index (χ2v) is 1.75. The van der Waals surface area contributed by atoms with Crippen LogP contribution in [0.25, 0.3) is 0 Å². The molecule has 1 heterocycles. The summed E-state index contributed by atoms with van der Waals surface area (Å²) < 4.78 is 4.58. The lowest BCUT2D eigenvalue weighted by Gasteiger charge is -1.79. The van der Waals surface area contributed by atoms with E-state index in [0.717, 1.165) is 0 Å². The third kappa shape index (κ3) is 11.3. The van der Waals surface area contributed by atoms with Gasteiger partial charge in [0, 0.05) is 0 Å². The van der Waals surface area contributed by atoms with Crippen LogP contribution in [0.5, 0.6) is 0 Å². The predicted molar refractivity (Wildman–Crippen MR) is 34.3 cm³/mol. The van der Waals surface area contributed by atoms with Gasteiger partial charge in [0.15, 0.2) is 0 Å². The Kier molecular flexibility index (Phi) is 5.46. The molecule has 0 saturated heterocycles. The van der Waals surface area contributed by atoms with Gasteiger partial charge in [0.2, 0.25) is 8.53 Å². The zero-order valence-corrected chi connectivity index (χ0v) is 5.53. The molecule has 1 aromatic rings. The van der Waals surface area contributed by atoms with Gasteiger partial charge in [0.25, 0.3) is 0 Å². The SMILES string of the molecule is NP(O)O.c1ccoc1. The highest BCUT2D eigenvalue weighted by Gasteiger charge is 1.72. The van der Waals surface area contributed by atoms with Gasteiger partial charge in [0.05, 0.1) is 12.5 Å². The van der Waals surface area contributed by atoms with Crippen LogP contribution in [0.2, 0.25) is 0 Å². The normalized spacial score (nSPS) is 8.44. The van der Waals surface area contributed by atoms with Crippen molar-refractivity contribution in [3.05, 3.63) is 24.7 Å². The first kappa shape index (κ1) is 8.59. The molecular weight excluding hydrogens is 141 g/mol. The zero-order valence-electron chi connectivity index (χ0n) is 4.64. The fourth-order valence-electron chi connectivity index (χ4n) is 0.227. The van der Waals surface area contributed by atoms with E-state index in [1.807, 2.05) is 12.1 Å². The Hall–Kier alpha value is -0.410. The first-order valence-electron chi connectivity index (χ1n) is 2.13. The molecule has 0 saturated carbocycles. The Bertz CT molecular complexity index is 99.4. The van der Waals surface area contributed by atoms with Crippen molar-refractivity contribution in [1.29, 1.82) is 0 Å². The lowest BCUT2D eigenvalue weighted by molar-refractivity contribution is 0.485. The topological polar surface area (TPSA) is 79.6 Å². The van der Waals surface area contributed by atoms with Crippen molar-refractivity contribution in [2.45, 2.75) is 0 Å². The van der Waals surface area contributed by atoms with Crippen LogP contribution in [0, 0.1) is 0 Å². The lowest BCUT2D eigenvalue weighted by atomic mass is 10.7. The molecule has 0 atom stereocenters. The third-order valence-electron chi connectivity index (χ3n) is 0.425. The zero-order chi connectivity index (χ0) is 7.11. The van der Waals surface area contributed by atoms with E-state index in [0.29, 0.717) is 0 Å². The molecule has 5 heteroatoms. The number of hydrogen-bond donors (Lipinski definition) is 3. The molecule has 0 radical (unpaired) electrons. The average Bonchev–Trinajstić information content (AvgIpc) is 2.11. The first-order valence-corrected chi connectivity index (χ1v) is 3.45. The van der Waals surface area contributed by atoms with Crippen LogP contribution in [-0.4, -0.2) is 9.79 Å². The van der Waals surface area contributed by atoms with Gasteiger partial charge in [-0.3, -0.25) is 5.50 Å². The molecule has 0 spiro atoms. The Morgan fingerprint density at radius 3 is 1.67 bits per heavy atom. The van der Waals surface area contributed by atoms with Crippen LogP contribution < -0.4 is 5.50 Å². The van der Waals surface area contributed by atoms with Crippen molar-refractivity contribution in [3.8, 4) is 0 Å². The predicted octanol–water partition coefficient (Wildman–Crippen LogP) is 0.436. The van der Waals surface area contributed by atoms with Crippen LogP contribution in [-0.2, 0) is 0 Å². The second-order valence-electron chi connectivity index (χ2n) is 1.11. The molecule has 52 valence electrons. The van der Waals surface area contributed by atoms with Gasteiger partial charge in [0.1, 0.15) is 0 Å². The van der Waals surface area contributed by atoms with Crippen molar-refractivity contribution in [2.75, 3.05) is 0 Å². The van der Waals surface area contributed by atoms with E-state index >= 15 is 0 Å². The van der Waals surface area contributed by atoms with E-state index in [1.165, 1.54) is 0 Å². The van der Waals surface area contributed by atoms with Gasteiger partial charge in [-0.25, -0.2) is 0 Å². The first-order chi connectivity index (χ1) is 4.23. The number of nitrogens with two attached hydrogens (primary N) is 1. The highest BCUT2D eigenvalue weighted by Crippen LogP contribution is 2.05. The summed E-state index contributed by atoms with van der Waals surface area (Å²) in [6, 6.07) is 3.67. The van der Waals surface area contributed by atoms with Crippen LogP contribution in [0.3, 0.4) is 0 Å². The molecule has 9 heavy (non-hydrogen) atoms. The Morgan fingerprint density at radius 2 is 1.56 bits per heavy atom. The maximum atomic E-state index is 7.45. The van der Waals surface area contributed by atoms with Gasteiger partial charge < -0.3 is 14.2 Å². The third-order valence-corrected chi connectivity index (χ3v) is 0.425. The monoisotopic (exact) mass is 149 g/mol. The summed E-state index contributed by atoms with van der Waals surface area (Å²) in [5.74, 6) is 0. The van der Waals surface area contributed by atoms with Gasteiger partial charge >= 0.3 is 0 Å². The van der Waals surface area contributed by atoms with Crippen molar-refractivity contribution >= 4 is 8.53 Å². The van der Waals surface area contributed by atoms with Crippen molar-refractivity contribution < 1.29 is 14.2 Å². The molecule has 1 aromatic heterocycles. The summed E-state index contributed by atoms with van der Waals surface area (Å²) in [7, 11) is -2.12. The molecule has 0 aliphatic heterocycles. The quantitative estimate of drug-likeness (QED) is 0.467. The van der Waals surface area contributed by atoms with Crippen LogP contribution in [0.1, 0.15) is 0 Å². The average molecular weight is 149 g/mol. The minimum atomic E-state index is -2.12. The van der Waals surface area contributed by atoms with E-state index in [-0.39, 0.29) is 0 Å². The van der Waals surface area contributed by atoms with E-state index in [2.05, 4.69) is 9.92 Å². The molecule has 0 aliphatic carbocycles. The molecule has 0 fully saturated rings. The van der Waals surface area contributed by atoms with Gasteiger partial charge in [-0.05, 0) is 12.1 Å². The number of hydrogen-bond acceptors (Lipinski definition) is 4. The summed E-state index contributed by atoms with van der Waals surface area (Å²) in [4.78, 5) is 14.9. The largest absolute Gasteiger partial charge is 0.473 e. The number of furan rings is 1. The van der Waals surface area contributed by atoms with Gasteiger partial charge in [-0.2, -0.15) is 0 Å². The van der Waals surface area contributed by atoms with E-state index in [9.17, 15) is 0 Å². The molecule has 0 aliphatic rings. The van der Waals surface area contributed by atoms with Crippen LogP contribution in [0.15, 0.2) is 29.1 Å². The fourth-order valence-corrected chi connectivity index (χ4v) is 0.227. The lowest BCUT2D eigenvalue weighted by Crippen LogP contribution is -1.78. The highest BCUT2D eigenvalue weighted by molar-refractivity contribution is 7.42. The molecule has 4 N–H and O–H groups in total. The van der Waals surface area contributed by atoms with Crippen molar-refractivity contribution in [1.82, 2.24) is 0 Å². The molecule has 0 amide bonds. The maximum absolute atomic E-state index is 7.45. The van der Waals surface area contributed by atoms with Gasteiger partial charge in [-0.1, -0.05) is 0 Å².